The fourth-order valence-electron chi connectivity index (χ4n) is 1.94. The third-order valence-electron chi connectivity index (χ3n) is 3.16. The number of hydrogen-bond donors (Lipinski definition) is 1. The van der Waals surface area contributed by atoms with E-state index in [1.807, 2.05) is 0 Å². The topological polar surface area (TPSA) is 77.4 Å². The highest BCUT2D eigenvalue weighted by Gasteiger charge is 2.17. The third-order valence-corrected chi connectivity index (χ3v) is 3.16. The van der Waals surface area contributed by atoms with Crippen molar-refractivity contribution >= 4 is 23.3 Å². The van der Waals surface area contributed by atoms with Crippen LogP contribution >= 0.6 is 0 Å². The fourth-order valence-corrected chi connectivity index (χ4v) is 1.94. The number of ketones is 1. The smallest absolute Gasteiger partial charge is 0.355 e. The van der Waals surface area contributed by atoms with Gasteiger partial charge >= 0.3 is 5.97 Å². The van der Waals surface area contributed by atoms with Crippen LogP contribution in [0.4, 0.5) is 14.5 Å². The summed E-state index contributed by atoms with van der Waals surface area (Å²) in [5, 5.41) is 2.10. The van der Waals surface area contributed by atoms with Gasteiger partial charge in [0.05, 0.1) is 5.69 Å². The zero-order valence-electron chi connectivity index (χ0n) is 12.9. The summed E-state index contributed by atoms with van der Waals surface area (Å²) in [7, 11) is 1.55. The Balaban J connectivity index is 1.97. The molecule has 0 saturated carbocycles. The average Bonchev–Trinajstić information content (AvgIpc) is 2.91. The first-order valence-electron chi connectivity index (χ1n) is 6.87. The molecule has 8 heteroatoms. The van der Waals surface area contributed by atoms with E-state index in [1.54, 1.807) is 7.05 Å². The number of carbonyl (C=O) groups is 3. The van der Waals surface area contributed by atoms with E-state index in [9.17, 15) is 23.2 Å². The predicted octanol–water partition coefficient (Wildman–Crippen LogP) is 2.30. The van der Waals surface area contributed by atoms with Gasteiger partial charge in [-0.15, -0.1) is 0 Å². The second kappa shape index (κ2) is 7.03. The van der Waals surface area contributed by atoms with Crippen LogP contribution in [0.3, 0.4) is 0 Å². The number of rotatable bonds is 5. The van der Waals surface area contributed by atoms with Crippen molar-refractivity contribution < 1.29 is 27.9 Å². The van der Waals surface area contributed by atoms with E-state index in [4.69, 9.17) is 4.74 Å². The molecule has 1 aromatic carbocycles. The maximum absolute atomic E-state index is 13.4. The molecule has 0 unspecified atom stereocenters. The molecule has 0 spiro atoms. The Morgan fingerprint density at radius 2 is 1.92 bits per heavy atom. The number of halogens is 2. The Labute approximate surface area is 136 Å². The Bertz CT molecular complexity index is 814. The molecule has 0 aliphatic carbocycles. The highest BCUT2D eigenvalue weighted by Crippen LogP contribution is 2.15. The highest BCUT2D eigenvalue weighted by atomic mass is 19.1. The standard InChI is InChI=1S/C16H14F2N2O4/c1-9(21)10-5-14(20(2)7-10)16(23)24-8-15(22)19-13-6-11(17)3-4-12(13)18/h3-7H,8H2,1-2H3,(H,19,22). The number of amides is 1. The lowest BCUT2D eigenvalue weighted by atomic mass is 10.2. The predicted molar refractivity (Wildman–Crippen MR) is 80.7 cm³/mol. The van der Waals surface area contributed by atoms with Crippen molar-refractivity contribution in [3.8, 4) is 0 Å². The van der Waals surface area contributed by atoms with Crippen molar-refractivity contribution in [2.75, 3.05) is 11.9 Å². The largest absolute Gasteiger partial charge is 0.451 e. The van der Waals surface area contributed by atoms with Crippen LogP contribution < -0.4 is 5.32 Å². The van der Waals surface area contributed by atoms with E-state index in [0.717, 1.165) is 18.2 Å². The summed E-state index contributed by atoms with van der Waals surface area (Å²) < 4.78 is 32.6. The zero-order valence-corrected chi connectivity index (χ0v) is 12.9. The van der Waals surface area contributed by atoms with E-state index in [2.05, 4.69) is 5.32 Å². The van der Waals surface area contributed by atoms with Gasteiger partial charge in [0.25, 0.3) is 5.91 Å². The number of hydrogen-bond acceptors (Lipinski definition) is 4. The molecule has 1 N–H and O–H groups in total. The molecular formula is C16H14F2N2O4. The molecule has 1 amide bonds. The van der Waals surface area contributed by atoms with Crippen molar-refractivity contribution in [3.05, 3.63) is 53.4 Å². The Hall–Kier alpha value is -3.03. The molecule has 2 aromatic rings. The lowest BCUT2D eigenvalue weighted by Crippen LogP contribution is -2.22. The van der Waals surface area contributed by atoms with Crippen molar-refractivity contribution in [2.45, 2.75) is 6.92 Å². The van der Waals surface area contributed by atoms with E-state index in [-0.39, 0.29) is 17.2 Å². The summed E-state index contributed by atoms with van der Waals surface area (Å²) in [6, 6.07) is 3.93. The second-order valence-corrected chi connectivity index (χ2v) is 5.03. The Kier molecular flexibility index (Phi) is 5.08. The maximum Gasteiger partial charge on any atom is 0.355 e. The Morgan fingerprint density at radius 1 is 1.21 bits per heavy atom. The second-order valence-electron chi connectivity index (χ2n) is 5.03. The lowest BCUT2D eigenvalue weighted by Gasteiger charge is -2.08. The Morgan fingerprint density at radius 3 is 2.54 bits per heavy atom. The number of anilines is 1. The minimum atomic E-state index is -0.825. The van der Waals surface area contributed by atoms with E-state index >= 15 is 0 Å². The van der Waals surface area contributed by atoms with Crippen LogP contribution in [-0.4, -0.2) is 28.8 Å². The van der Waals surface area contributed by atoms with Gasteiger partial charge in [-0.2, -0.15) is 0 Å². The molecule has 6 nitrogen and oxygen atoms in total. The van der Waals surface area contributed by atoms with Crippen molar-refractivity contribution in [2.24, 2.45) is 7.05 Å². The van der Waals surface area contributed by atoms with Gasteiger partial charge in [0.15, 0.2) is 12.4 Å². The van der Waals surface area contributed by atoms with Crippen LogP contribution in [0.25, 0.3) is 0 Å². The van der Waals surface area contributed by atoms with Gasteiger partial charge in [-0.1, -0.05) is 0 Å². The summed E-state index contributed by atoms with van der Waals surface area (Å²) in [5.74, 6) is -3.40. The fraction of sp³-hybridized carbons (Fsp3) is 0.188. The molecule has 0 aliphatic rings. The van der Waals surface area contributed by atoms with Gasteiger partial charge in [-0.3, -0.25) is 9.59 Å². The first kappa shape index (κ1) is 17.3. The summed E-state index contributed by atoms with van der Waals surface area (Å²) in [6.07, 6.45) is 1.46. The number of aromatic nitrogens is 1. The first-order chi connectivity index (χ1) is 11.3. The SMILES string of the molecule is CC(=O)c1cc(C(=O)OCC(=O)Nc2cc(F)ccc2F)n(C)c1. The number of aryl methyl sites for hydroxylation is 1. The highest BCUT2D eigenvalue weighted by molar-refractivity contribution is 5.98. The van der Waals surface area contributed by atoms with E-state index in [1.165, 1.54) is 23.8 Å². The molecule has 0 atom stereocenters. The number of ether oxygens (including phenoxy) is 1. The molecule has 0 fully saturated rings. The number of Topliss-reactive ketones (excluding diaryl/α,β-unsaturated/α-hetero) is 1. The van der Waals surface area contributed by atoms with E-state index in [0.29, 0.717) is 5.56 Å². The van der Waals surface area contributed by atoms with Crippen LogP contribution in [0, 0.1) is 11.6 Å². The van der Waals surface area contributed by atoms with Crippen LogP contribution in [0.15, 0.2) is 30.5 Å². The molecule has 126 valence electrons. The summed E-state index contributed by atoms with van der Waals surface area (Å²) in [5.41, 5.74) is 0.0643. The quantitative estimate of drug-likeness (QED) is 0.671. The molecule has 0 bridgehead atoms. The van der Waals surface area contributed by atoms with Gasteiger partial charge in [-0.05, 0) is 25.1 Å². The lowest BCUT2D eigenvalue weighted by molar-refractivity contribution is -0.119. The number of carbonyl (C=O) groups excluding carboxylic acids is 3. The van der Waals surface area contributed by atoms with Crippen LogP contribution in [0.1, 0.15) is 27.8 Å². The molecule has 1 heterocycles. The molecule has 2 rings (SSSR count). The number of nitrogens with one attached hydrogen (secondary N) is 1. The molecule has 24 heavy (non-hydrogen) atoms. The summed E-state index contributed by atoms with van der Waals surface area (Å²) in [6.45, 7) is 0.667. The van der Waals surface area contributed by atoms with E-state index < -0.39 is 30.1 Å². The van der Waals surface area contributed by atoms with Gasteiger partial charge in [0.1, 0.15) is 17.3 Å². The normalized spacial score (nSPS) is 10.3. The molecule has 0 saturated heterocycles. The van der Waals surface area contributed by atoms with Crippen molar-refractivity contribution in [3.63, 3.8) is 0 Å². The number of esters is 1. The molecule has 0 radical (unpaired) electrons. The van der Waals surface area contributed by atoms with Gasteiger partial charge in [-0.25, -0.2) is 13.6 Å². The number of nitrogens with zero attached hydrogens (tertiary/aromatic N) is 1. The first-order valence-corrected chi connectivity index (χ1v) is 6.87. The maximum atomic E-state index is 13.4. The summed E-state index contributed by atoms with van der Waals surface area (Å²) in [4.78, 5) is 34.8. The van der Waals surface area contributed by atoms with Crippen molar-refractivity contribution in [1.29, 1.82) is 0 Å². The third kappa shape index (κ3) is 4.03. The van der Waals surface area contributed by atoms with Crippen molar-refractivity contribution in [1.82, 2.24) is 4.57 Å². The zero-order chi connectivity index (χ0) is 17.9. The average molecular weight is 336 g/mol. The van der Waals surface area contributed by atoms with Gasteiger partial charge in [0.2, 0.25) is 0 Å². The monoisotopic (exact) mass is 336 g/mol. The van der Waals surface area contributed by atoms with Crippen LogP contribution in [0.2, 0.25) is 0 Å². The van der Waals surface area contributed by atoms with Crippen LogP contribution in [-0.2, 0) is 16.6 Å². The summed E-state index contributed by atoms with van der Waals surface area (Å²) >= 11 is 0. The molecular weight excluding hydrogens is 322 g/mol. The number of benzene rings is 1. The molecule has 1 aromatic heterocycles. The molecule has 0 aliphatic heterocycles. The van der Waals surface area contributed by atoms with Gasteiger partial charge in [0, 0.05) is 24.9 Å². The van der Waals surface area contributed by atoms with Gasteiger partial charge < -0.3 is 14.6 Å². The minimum absolute atomic E-state index is 0.0879. The van der Waals surface area contributed by atoms with Crippen LogP contribution in [0.5, 0.6) is 0 Å². The minimum Gasteiger partial charge on any atom is -0.451 e.